The van der Waals surface area contributed by atoms with Crippen molar-refractivity contribution in [3.8, 4) is 16.9 Å². The van der Waals surface area contributed by atoms with Crippen LogP contribution in [0.5, 0.6) is 5.75 Å². The molecular weight excluding hydrogens is 530 g/mol. The summed E-state index contributed by atoms with van der Waals surface area (Å²) in [6, 6.07) is 13.5. The van der Waals surface area contributed by atoms with Crippen molar-refractivity contribution in [2.75, 3.05) is 0 Å². The Morgan fingerprint density at radius 2 is 1.66 bits per heavy atom. The van der Waals surface area contributed by atoms with Gasteiger partial charge in [0.1, 0.15) is 22.8 Å². The Bertz CT molecular complexity index is 1800. The number of Topliss-reactive ketones (excluding diaryl/α,β-unsaturated/α-hetero) is 2. The standard InChI is InChI=1S/C31H25NO9/c1-12-21-17(16-7-6-13(11-33)14-4-2-3-5-15(14)16)8-9-19(34)23(21)27(37)25-22(12)26(36)18-10-20(35)24(30(32)40)28(38)31(18,41)29(25)39/h2-9,11-12,18,22,26,34-36,39,41H,10H2,1H3,(H2,32,40)/t12-,18+,22+,26+,31+/m0/s1. The number of phenolic OH excluding ortho intramolecular Hbond substituents is 1. The van der Waals surface area contributed by atoms with E-state index < -0.39 is 81.8 Å². The number of aromatic hydroxyl groups is 1. The molecule has 0 saturated heterocycles. The number of ketones is 2. The van der Waals surface area contributed by atoms with Gasteiger partial charge in [0.25, 0.3) is 5.91 Å². The third kappa shape index (κ3) is 3.31. The van der Waals surface area contributed by atoms with Crippen molar-refractivity contribution in [3.63, 3.8) is 0 Å². The number of hydrogen-bond acceptors (Lipinski definition) is 9. The number of amides is 1. The van der Waals surface area contributed by atoms with Crippen LogP contribution in [0.1, 0.15) is 45.5 Å². The Balaban J connectivity index is 1.62. The van der Waals surface area contributed by atoms with Crippen LogP contribution in [-0.2, 0) is 9.59 Å². The fraction of sp³-hybridized carbons (Fsp3) is 0.226. The van der Waals surface area contributed by atoms with Crippen LogP contribution >= 0.6 is 0 Å². The van der Waals surface area contributed by atoms with Gasteiger partial charge < -0.3 is 31.3 Å². The van der Waals surface area contributed by atoms with Gasteiger partial charge in [-0.25, -0.2) is 0 Å². The number of primary amides is 1. The number of carbonyl (C=O) groups excluding carboxylic acids is 4. The molecule has 10 heteroatoms. The van der Waals surface area contributed by atoms with Gasteiger partial charge in [0.15, 0.2) is 17.7 Å². The van der Waals surface area contributed by atoms with Gasteiger partial charge in [0.05, 0.1) is 11.7 Å². The second kappa shape index (κ2) is 8.85. The Hall–Kier alpha value is -4.80. The number of nitrogens with two attached hydrogens (primary N) is 1. The van der Waals surface area contributed by atoms with Gasteiger partial charge in [-0.15, -0.1) is 0 Å². The molecule has 0 unspecified atom stereocenters. The fourth-order valence-electron chi connectivity index (χ4n) is 6.97. The van der Waals surface area contributed by atoms with Crippen molar-refractivity contribution in [2.24, 2.45) is 17.6 Å². The quantitative estimate of drug-likeness (QED) is 0.208. The molecule has 0 radical (unpaired) electrons. The SMILES string of the molecule is C[C@H]1c2c(-c3ccc(C=O)c4ccccc34)ccc(O)c2C(=O)C2=C(O)[C@]3(O)C(=O)C(C(N)=O)=C(O)C[C@@H]3[C@@H](O)[C@@H]21. The monoisotopic (exact) mass is 555 g/mol. The summed E-state index contributed by atoms with van der Waals surface area (Å²) in [6.07, 6.45) is -1.46. The first-order valence-corrected chi connectivity index (χ1v) is 12.9. The van der Waals surface area contributed by atoms with Gasteiger partial charge in [0.2, 0.25) is 5.78 Å². The highest BCUT2D eigenvalue weighted by Gasteiger charge is 2.64. The second-order valence-electron chi connectivity index (χ2n) is 10.8. The lowest BCUT2D eigenvalue weighted by Gasteiger charge is -2.50. The summed E-state index contributed by atoms with van der Waals surface area (Å²) < 4.78 is 0. The molecule has 0 spiro atoms. The van der Waals surface area contributed by atoms with E-state index in [1.807, 2.05) is 6.07 Å². The Labute approximate surface area is 232 Å². The largest absolute Gasteiger partial charge is 0.511 e. The summed E-state index contributed by atoms with van der Waals surface area (Å²) in [5.74, 6) is -9.29. The summed E-state index contributed by atoms with van der Waals surface area (Å²) in [5.41, 5.74) is 2.78. The van der Waals surface area contributed by atoms with Gasteiger partial charge in [-0.05, 0) is 39.4 Å². The highest BCUT2D eigenvalue weighted by atomic mass is 16.4. The number of aliphatic hydroxyl groups is 4. The molecule has 0 saturated carbocycles. The Morgan fingerprint density at radius 3 is 2.32 bits per heavy atom. The highest BCUT2D eigenvalue weighted by molar-refractivity contribution is 6.24. The molecule has 0 aliphatic heterocycles. The predicted molar refractivity (Wildman–Crippen MR) is 145 cm³/mol. The summed E-state index contributed by atoms with van der Waals surface area (Å²) >= 11 is 0. The minimum atomic E-state index is -2.90. The molecule has 208 valence electrons. The third-order valence-electron chi connectivity index (χ3n) is 8.85. The van der Waals surface area contributed by atoms with E-state index >= 15 is 0 Å². The van der Waals surface area contributed by atoms with E-state index in [1.165, 1.54) is 6.07 Å². The summed E-state index contributed by atoms with van der Waals surface area (Å²) in [4.78, 5) is 50.8. The average molecular weight is 556 g/mol. The molecule has 5 atom stereocenters. The van der Waals surface area contributed by atoms with E-state index in [0.717, 1.165) is 6.29 Å². The van der Waals surface area contributed by atoms with E-state index in [1.54, 1.807) is 43.3 Å². The first kappa shape index (κ1) is 26.4. The summed E-state index contributed by atoms with van der Waals surface area (Å²) in [6.45, 7) is 1.68. The number of allylic oxidation sites excluding steroid dienone is 1. The molecule has 1 amide bonds. The van der Waals surface area contributed by atoms with E-state index in [9.17, 15) is 44.7 Å². The van der Waals surface area contributed by atoms with Gasteiger partial charge in [0, 0.05) is 29.4 Å². The zero-order chi connectivity index (χ0) is 29.5. The van der Waals surface area contributed by atoms with E-state index in [2.05, 4.69) is 0 Å². The highest BCUT2D eigenvalue weighted by Crippen LogP contribution is 2.56. The maximum Gasteiger partial charge on any atom is 0.255 e. The summed E-state index contributed by atoms with van der Waals surface area (Å²) in [5, 5.41) is 57.1. The number of aliphatic hydroxyl groups excluding tert-OH is 3. The lowest BCUT2D eigenvalue weighted by Crippen LogP contribution is -2.62. The lowest BCUT2D eigenvalue weighted by molar-refractivity contribution is -0.154. The number of hydrogen-bond donors (Lipinski definition) is 6. The molecule has 0 aromatic heterocycles. The predicted octanol–water partition coefficient (Wildman–Crippen LogP) is 2.75. The van der Waals surface area contributed by atoms with Crippen molar-refractivity contribution >= 4 is 34.5 Å². The van der Waals surface area contributed by atoms with Gasteiger partial charge in [-0.2, -0.15) is 0 Å². The number of aldehydes is 1. The summed E-state index contributed by atoms with van der Waals surface area (Å²) in [7, 11) is 0. The molecule has 6 rings (SSSR count). The molecular formula is C31H25NO9. The molecule has 7 N–H and O–H groups in total. The van der Waals surface area contributed by atoms with Crippen LogP contribution < -0.4 is 5.73 Å². The smallest absolute Gasteiger partial charge is 0.255 e. The zero-order valence-electron chi connectivity index (χ0n) is 21.7. The molecule has 41 heavy (non-hydrogen) atoms. The molecule has 10 nitrogen and oxygen atoms in total. The lowest BCUT2D eigenvalue weighted by atomic mass is 9.56. The molecule has 0 bridgehead atoms. The van der Waals surface area contributed by atoms with Gasteiger partial charge in [-0.3, -0.25) is 19.2 Å². The fourth-order valence-corrected chi connectivity index (χ4v) is 6.97. The first-order valence-electron chi connectivity index (χ1n) is 12.9. The van der Waals surface area contributed by atoms with Gasteiger partial charge in [-0.1, -0.05) is 49.4 Å². The number of benzene rings is 3. The van der Waals surface area contributed by atoms with Crippen molar-refractivity contribution in [1.29, 1.82) is 0 Å². The van der Waals surface area contributed by atoms with Crippen LogP contribution in [0.4, 0.5) is 0 Å². The van der Waals surface area contributed by atoms with Crippen LogP contribution in [0.3, 0.4) is 0 Å². The maximum atomic E-state index is 14.0. The van der Waals surface area contributed by atoms with Crippen LogP contribution in [0, 0.1) is 11.8 Å². The second-order valence-corrected chi connectivity index (χ2v) is 10.8. The number of carbonyl (C=O) groups is 4. The minimum Gasteiger partial charge on any atom is -0.511 e. The first-order chi connectivity index (χ1) is 19.4. The minimum absolute atomic E-state index is 0.178. The molecule has 0 fully saturated rings. The molecule has 3 aromatic carbocycles. The Kier molecular flexibility index (Phi) is 5.70. The zero-order valence-corrected chi connectivity index (χ0v) is 21.7. The van der Waals surface area contributed by atoms with Crippen LogP contribution in [-0.4, -0.2) is 61.0 Å². The normalized spacial score (nSPS) is 27.4. The Morgan fingerprint density at radius 1 is 1.00 bits per heavy atom. The molecule has 3 aromatic rings. The molecule has 0 heterocycles. The van der Waals surface area contributed by atoms with E-state index in [-0.39, 0.29) is 5.56 Å². The number of fused-ring (bicyclic) bond motifs is 4. The third-order valence-corrected chi connectivity index (χ3v) is 8.85. The maximum absolute atomic E-state index is 14.0. The topological polar surface area (TPSA) is 195 Å². The van der Waals surface area contributed by atoms with E-state index in [4.69, 9.17) is 5.73 Å². The van der Waals surface area contributed by atoms with Crippen molar-refractivity contribution in [3.05, 3.63) is 87.9 Å². The van der Waals surface area contributed by atoms with Crippen LogP contribution in [0.25, 0.3) is 21.9 Å². The van der Waals surface area contributed by atoms with Crippen molar-refractivity contribution < 1.29 is 44.7 Å². The van der Waals surface area contributed by atoms with E-state index in [0.29, 0.717) is 33.0 Å². The van der Waals surface area contributed by atoms with Crippen molar-refractivity contribution in [1.82, 2.24) is 0 Å². The van der Waals surface area contributed by atoms with Crippen molar-refractivity contribution in [2.45, 2.75) is 31.0 Å². The number of rotatable bonds is 3. The molecule has 3 aliphatic carbocycles. The van der Waals surface area contributed by atoms with Crippen LogP contribution in [0.2, 0.25) is 0 Å². The van der Waals surface area contributed by atoms with Crippen LogP contribution in [0.15, 0.2) is 71.2 Å². The molecule has 3 aliphatic rings. The number of phenols is 1. The average Bonchev–Trinajstić information content (AvgIpc) is 2.94. The van der Waals surface area contributed by atoms with Gasteiger partial charge >= 0.3 is 0 Å².